The molecule has 1 aromatic rings. The lowest BCUT2D eigenvalue weighted by Crippen LogP contribution is -1.84. The molecule has 0 bridgehead atoms. The Hall–Kier alpha value is -0.713. The highest BCUT2D eigenvalue weighted by molar-refractivity contribution is 6.54. The van der Waals surface area contributed by atoms with Crippen LogP contribution in [0.1, 0.15) is 5.56 Å². The predicted octanol–water partition coefficient (Wildman–Crippen LogP) is 3.69. The zero-order valence-electron chi connectivity index (χ0n) is 8.26. The largest absolute Gasteiger partial charge is 0.115 e. The van der Waals surface area contributed by atoms with Crippen molar-refractivity contribution in [3.8, 4) is 12.3 Å². The highest BCUT2D eigenvalue weighted by Crippen LogP contribution is 2.12. The van der Waals surface area contributed by atoms with Gasteiger partial charge in [0.05, 0.1) is 5.02 Å². The van der Waals surface area contributed by atoms with Crippen molar-refractivity contribution in [1.82, 2.24) is 0 Å². The van der Waals surface area contributed by atoms with Crippen LogP contribution in [0, 0.1) is 12.3 Å². The van der Waals surface area contributed by atoms with Crippen LogP contribution in [-0.4, -0.2) is 8.80 Å². The number of terminal acetylenes is 1. The first-order valence-electron chi connectivity index (χ1n) is 4.06. The summed E-state index contributed by atoms with van der Waals surface area (Å²) in [4.78, 5) is 0. The van der Waals surface area contributed by atoms with Gasteiger partial charge in [-0.3, -0.25) is 0 Å². The lowest BCUT2D eigenvalue weighted by molar-refractivity contribution is 1.65. The van der Waals surface area contributed by atoms with E-state index in [1.807, 2.05) is 18.2 Å². The van der Waals surface area contributed by atoms with Crippen LogP contribution in [0.4, 0.5) is 0 Å². The van der Waals surface area contributed by atoms with Crippen molar-refractivity contribution < 1.29 is 0 Å². The molecular weight excluding hydrogens is 196 g/mol. The molecule has 0 amide bonds. The predicted molar refractivity (Wildman–Crippen MR) is 62.7 cm³/mol. The minimum absolute atomic E-state index is 0.120. The van der Waals surface area contributed by atoms with Crippen molar-refractivity contribution in [1.29, 1.82) is 0 Å². The van der Waals surface area contributed by atoms with E-state index >= 15 is 0 Å². The second kappa shape index (κ2) is 6.77. The van der Waals surface area contributed by atoms with Gasteiger partial charge in [-0.25, -0.2) is 0 Å². The standard InChI is InChI=1S/C8H5Cl.C3H9Si/c1-2-7-5-3-4-6-8(7)9;1-4(2)3/h1,3-6H;1-3H3. The summed E-state index contributed by atoms with van der Waals surface area (Å²) >= 11 is 5.68. The van der Waals surface area contributed by atoms with E-state index in [0.717, 1.165) is 5.56 Å². The molecule has 1 aromatic carbocycles. The average molecular weight is 210 g/mol. The molecule has 0 nitrogen and oxygen atoms in total. The Balaban J connectivity index is 0.000000310. The first-order chi connectivity index (χ1) is 6.07. The van der Waals surface area contributed by atoms with Crippen molar-refractivity contribution >= 4 is 20.4 Å². The van der Waals surface area contributed by atoms with E-state index in [2.05, 4.69) is 25.6 Å². The van der Waals surface area contributed by atoms with Gasteiger partial charge in [0.25, 0.3) is 0 Å². The molecule has 0 aliphatic carbocycles. The SMILES string of the molecule is C#Cc1ccccc1Cl.C[Si](C)C. The van der Waals surface area contributed by atoms with E-state index in [0.29, 0.717) is 5.02 Å². The minimum Gasteiger partial charge on any atom is -0.115 e. The Morgan fingerprint density at radius 2 is 1.69 bits per heavy atom. The number of halogens is 1. The average Bonchev–Trinajstić information content (AvgIpc) is 2.04. The third kappa shape index (κ3) is 6.45. The molecule has 0 aromatic heterocycles. The van der Waals surface area contributed by atoms with Gasteiger partial charge >= 0.3 is 0 Å². The lowest BCUT2D eigenvalue weighted by Gasteiger charge is -1.90. The van der Waals surface area contributed by atoms with Crippen LogP contribution in [0.5, 0.6) is 0 Å². The van der Waals surface area contributed by atoms with E-state index in [1.54, 1.807) is 6.07 Å². The van der Waals surface area contributed by atoms with Crippen LogP contribution >= 0.6 is 11.6 Å². The van der Waals surface area contributed by atoms with E-state index in [-0.39, 0.29) is 8.80 Å². The van der Waals surface area contributed by atoms with Gasteiger partial charge < -0.3 is 0 Å². The topological polar surface area (TPSA) is 0 Å². The first-order valence-corrected chi connectivity index (χ1v) is 7.43. The first kappa shape index (κ1) is 12.3. The molecule has 0 aliphatic heterocycles. The zero-order chi connectivity index (χ0) is 10.3. The number of hydrogen-bond donors (Lipinski definition) is 0. The van der Waals surface area contributed by atoms with Gasteiger partial charge in [-0.1, -0.05) is 49.3 Å². The number of benzene rings is 1. The van der Waals surface area contributed by atoms with E-state index in [4.69, 9.17) is 18.0 Å². The molecule has 0 fully saturated rings. The maximum Gasteiger partial charge on any atom is 0.0562 e. The van der Waals surface area contributed by atoms with Gasteiger partial charge in [-0.05, 0) is 12.1 Å². The monoisotopic (exact) mass is 209 g/mol. The Morgan fingerprint density at radius 3 is 2.00 bits per heavy atom. The maximum atomic E-state index is 5.68. The summed E-state index contributed by atoms with van der Waals surface area (Å²) < 4.78 is 0. The number of hydrogen-bond acceptors (Lipinski definition) is 0. The Kier molecular flexibility index (Phi) is 6.39. The molecule has 0 saturated heterocycles. The summed E-state index contributed by atoms with van der Waals surface area (Å²) in [6.45, 7) is 6.81. The van der Waals surface area contributed by atoms with Gasteiger partial charge in [-0.15, -0.1) is 6.42 Å². The van der Waals surface area contributed by atoms with Crippen molar-refractivity contribution in [3.63, 3.8) is 0 Å². The molecule has 1 radical (unpaired) electrons. The Labute approximate surface area is 87.5 Å². The second-order valence-corrected chi connectivity index (χ2v) is 6.53. The molecule has 0 unspecified atom stereocenters. The molecule has 0 atom stereocenters. The fourth-order valence-corrected chi connectivity index (χ4v) is 0.769. The quantitative estimate of drug-likeness (QED) is 0.452. The normalized spacial score (nSPS) is 8.62. The smallest absolute Gasteiger partial charge is 0.0562 e. The third-order valence-electron chi connectivity index (χ3n) is 1.03. The van der Waals surface area contributed by atoms with Crippen LogP contribution < -0.4 is 0 Å². The fraction of sp³-hybridized carbons (Fsp3) is 0.273. The van der Waals surface area contributed by atoms with Crippen molar-refractivity contribution in [2.75, 3.05) is 0 Å². The lowest BCUT2D eigenvalue weighted by atomic mass is 10.2. The molecule has 13 heavy (non-hydrogen) atoms. The molecular formula is C11H14ClSi. The minimum atomic E-state index is 0.120. The molecule has 0 N–H and O–H groups in total. The summed E-state index contributed by atoms with van der Waals surface area (Å²) in [5, 5.41) is 0.639. The summed E-state index contributed by atoms with van der Waals surface area (Å²) in [5.74, 6) is 2.46. The van der Waals surface area contributed by atoms with Gasteiger partial charge in [0.2, 0.25) is 0 Å². The van der Waals surface area contributed by atoms with Crippen LogP contribution in [0.3, 0.4) is 0 Å². The molecule has 0 aliphatic rings. The summed E-state index contributed by atoms with van der Waals surface area (Å²) in [6.07, 6.45) is 5.12. The maximum absolute atomic E-state index is 5.68. The summed E-state index contributed by atoms with van der Waals surface area (Å²) in [7, 11) is 0.120. The summed E-state index contributed by atoms with van der Waals surface area (Å²) in [5.41, 5.74) is 0.749. The highest BCUT2D eigenvalue weighted by atomic mass is 35.5. The van der Waals surface area contributed by atoms with Crippen LogP contribution in [0.25, 0.3) is 0 Å². The van der Waals surface area contributed by atoms with Crippen molar-refractivity contribution in [2.24, 2.45) is 0 Å². The molecule has 1 rings (SSSR count). The zero-order valence-corrected chi connectivity index (χ0v) is 10.0. The molecule has 69 valence electrons. The van der Waals surface area contributed by atoms with Gasteiger partial charge in [0, 0.05) is 14.4 Å². The second-order valence-electron chi connectivity index (χ2n) is 3.12. The molecule has 0 spiro atoms. The van der Waals surface area contributed by atoms with Crippen LogP contribution in [0.15, 0.2) is 24.3 Å². The Morgan fingerprint density at radius 1 is 1.23 bits per heavy atom. The van der Waals surface area contributed by atoms with Crippen LogP contribution in [0.2, 0.25) is 24.7 Å². The van der Waals surface area contributed by atoms with Gasteiger partial charge in [0.1, 0.15) is 0 Å². The van der Waals surface area contributed by atoms with Gasteiger partial charge in [-0.2, -0.15) is 0 Å². The molecule has 2 heteroatoms. The van der Waals surface area contributed by atoms with E-state index in [9.17, 15) is 0 Å². The summed E-state index contributed by atoms with van der Waals surface area (Å²) in [6, 6.07) is 7.29. The van der Waals surface area contributed by atoms with E-state index in [1.165, 1.54) is 0 Å². The van der Waals surface area contributed by atoms with E-state index < -0.39 is 0 Å². The molecule has 0 saturated carbocycles. The van der Waals surface area contributed by atoms with Gasteiger partial charge in [0.15, 0.2) is 0 Å². The highest BCUT2D eigenvalue weighted by Gasteiger charge is 1.90. The molecule has 0 heterocycles. The third-order valence-corrected chi connectivity index (χ3v) is 1.36. The van der Waals surface area contributed by atoms with Crippen molar-refractivity contribution in [2.45, 2.75) is 19.6 Å². The number of rotatable bonds is 0. The van der Waals surface area contributed by atoms with Crippen molar-refractivity contribution in [3.05, 3.63) is 34.9 Å². The fourth-order valence-electron chi connectivity index (χ4n) is 0.578. The van der Waals surface area contributed by atoms with Crippen LogP contribution in [-0.2, 0) is 0 Å². The Bertz CT molecular complexity index is 284.